The van der Waals surface area contributed by atoms with E-state index in [9.17, 15) is 14.2 Å². The smallest absolute Gasteiger partial charge is 0.459 e. The van der Waals surface area contributed by atoms with Crippen LogP contribution >= 0.6 is 7.75 Å². The van der Waals surface area contributed by atoms with E-state index in [2.05, 4.69) is 10.1 Å². The van der Waals surface area contributed by atoms with Crippen molar-refractivity contribution in [3.8, 4) is 5.75 Å². The maximum absolute atomic E-state index is 13.8. The molecule has 0 unspecified atom stereocenters. The van der Waals surface area contributed by atoms with E-state index in [1.54, 1.807) is 64.1 Å². The number of carbonyl (C=O) groups is 1. The molecule has 2 aliphatic heterocycles. The quantitative estimate of drug-likeness (QED) is 0.343. The zero-order valence-corrected chi connectivity index (χ0v) is 22.3. The lowest BCUT2D eigenvalue weighted by atomic mass is 10.0. The summed E-state index contributed by atoms with van der Waals surface area (Å²) in [7, 11) is -4.10. The molecule has 1 aromatic heterocycles. The molecule has 2 saturated heterocycles. The summed E-state index contributed by atoms with van der Waals surface area (Å²) in [6, 6.07) is 10.7. The van der Waals surface area contributed by atoms with Crippen molar-refractivity contribution in [3.05, 3.63) is 64.6 Å². The molecule has 4 rings (SSSR count). The first-order valence-electron chi connectivity index (χ1n) is 12.1. The Bertz CT molecular complexity index is 1190. The van der Waals surface area contributed by atoms with Gasteiger partial charge in [0.25, 0.3) is 0 Å². The molecule has 2 aliphatic rings. The normalized spacial score (nSPS) is 26.9. The van der Waals surface area contributed by atoms with Gasteiger partial charge in [-0.15, -0.1) is 0 Å². The predicted octanol–water partition coefficient (Wildman–Crippen LogP) is 3.47. The Morgan fingerprint density at radius 3 is 2.51 bits per heavy atom. The van der Waals surface area contributed by atoms with E-state index in [1.807, 2.05) is 0 Å². The molecule has 0 radical (unpaired) electrons. The van der Waals surface area contributed by atoms with E-state index < -0.39 is 50.0 Å². The number of aromatic amines is 1. The minimum absolute atomic E-state index is 0.205. The first-order chi connectivity index (χ1) is 17.4. The Hall–Kier alpha value is -2.53. The standard InChI is InChI=1S/C25H33N2O9P/c1-15(2)32-24(29)16(3)27-37(30,36-18-9-7-6-8-10-18)31-14-19-22-23(35-25(4,5)34-22)21(33-19)17-11-12-26-20(28)13-17/h6-13,15-16,19,21-23H,14H2,1-5H3,(H,26,28)(H,27,30)/t16-,19+,21-,22+,23-,37-/m0/s1. The summed E-state index contributed by atoms with van der Waals surface area (Å²) in [6.45, 7) is 8.31. The third kappa shape index (κ3) is 6.87. The molecule has 0 bridgehead atoms. The highest BCUT2D eigenvalue weighted by atomic mass is 31.2. The third-order valence-electron chi connectivity index (χ3n) is 5.71. The zero-order chi connectivity index (χ0) is 26.8. The van der Waals surface area contributed by atoms with E-state index in [-0.39, 0.29) is 24.0 Å². The van der Waals surface area contributed by atoms with Crippen LogP contribution in [0.15, 0.2) is 53.5 Å². The van der Waals surface area contributed by atoms with Crippen LogP contribution in [0.5, 0.6) is 5.75 Å². The monoisotopic (exact) mass is 536 g/mol. The lowest BCUT2D eigenvalue weighted by Gasteiger charge is -2.26. The number of esters is 1. The van der Waals surface area contributed by atoms with Crippen LogP contribution in [0.25, 0.3) is 0 Å². The number of hydrogen-bond acceptors (Lipinski definition) is 9. The summed E-state index contributed by atoms with van der Waals surface area (Å²) >= 11 is 0. The van der Waals surface area contributed by atoms with Gasteiger partial charge in [0.15, 0.2) is 5.79 Å². The van der Waals surface area contributed by atoms with Gasteiger partial charge in [-0.1, -0.05) is 18.2 Å². The second-order valence-electron chi connectivity index (χ2n) is 9.68. The molecule has 0 saturated carbocycles. The van der Waals surface area contributed by atoms with Crippen molar-refractivity contribution in [1.82, 2.24) is 10.1 Å². The number of H-pyrrole nitrogens is 1. The lowest BCUT2D eigenvalue weighted by Crippen LogP contribution is -2.38. The Morgan fingerprint density at radius 1 is 1.14 bits per heavy atom. The number of pyridine rings is 1. The summed E-state index contributed by atoms with van der Waals surface area (Å²) in [5, 5.41) is 2.66. The molecule has 1 aromatic carbocycles. The molecule has 2 N–H and O–H groups in total. The highest BCUT2D eigenvalue weighted by molar-refractivity contribution is 7.52. The first-order valence-corrected chi connectivity index (χ1v) is 13.7. The molecular formula is C25H33N2O9P. The number of benzene rings is 1. The van der Waals surface area contributed by atoms with Crippen LogP contribution in [0.3, 0.4) is 0 Å². The number of carbonyl (C=O) groups excluding carboxylic acids is 1. The van der Waals surface area contributed by atoms with Crippen molar-refractivity contribution >= 4 is 13.7 Å². The number of ether oxygens (including phenoxy) is 4. The molecule has 0 aliphatic carbocycles. The number of para-hydroxylation sites is 1. The largest absolute Gasteiger partial charge is 0.462 e. The van der Waals surface area contributed by atoms with Gasteiger partial charge in [0, 0.05) is 12.3 Å². The molecule has 0 amide bonds. The van der Waals surface area contributed by atoms with Crippen LogP contribution in [0, 0.1) is 0 Å². The van der Waals surface area contributed by atoms with Crippen molar-refractivity contribution in [3.63, 3.8) is 0 Å². The fraction of sp³-hybridized carbons (Fsp3) is 0.520. The van der Waals surface area contributed by atoms with Gasteiger partial charge in [-0.2, -0.15) is 5.09 Å². The van der Waals surface area contributed by atoms with Gasteiger partial charge >= 0.3 is 13.7 Å². The maximum atomic E-state index is 13.8. The number of aromatic nitrogens is 1. The van der Waals surface area contributed by atoms with Crippen molar-refractivity contribution in [2.75, 3.05) is 6.61 Å². The molecule has 6 atom stereocenters. The van der Waals surface area contributed by atoms with E-state index >= 15 is 0 Å². The Balaban J connectivity index is 1.53. The Morgan fingerprint density at radius 2 is 1.84 bits per heavy atom. The summed E-state index contributed by atoms with van der Waals surface area (Å²) in [5.74, 6) is -1.21. The number of nitrogens with one attached hydrogen (secondary N) is 2. The molecule has 2 fully saturated rings. The number of fused-ring (bicyclic) bond motifs is 1. The topological polar surface area (TPSA) is 134 Å². The fourth-order valence-electron chi connectivity index (χ4n) is 4.23. The van der Waals surface area contributed by atoms with Crippen molar-refractivity contribution in [2.45, 2.75) is 77.0 Å². The minimum Gasteiger partial charge on any atom is -0.462 e. The fourth-order valence-corrected chi connectivity index (χ4v) is 5.73. The summed E-state index contributed by atoms with van der Waals surface area (Å²) in [4.78, 5) is 26.9. The predicted molar refractivity (Wildman–Crippen MR) is 133 cm³/mol. The van der Waals surface area contributed by atoms with Crippen LogP contribution in [-0.2, 0) is 32.8 Å². The summed E-state index contributed by atoms with van der Waals surface area (Å²) in [6.07, 6.45) is -1.21. The minimum atomic E-state index is -4.10. The van der Waals surface area contributed by atoms with Crippen LogP contribution in [0.1, 0.15) is 46.3 Å². The highest BCUT2D eigenvalue weighted by Gasteiger charge is 2.56. The van der Waals surface area contributed by atoms with Crippen LogP contribution in [0.4, 0.5) is 0 Å². The Labute approximate surface area is 215 Å². The van der Waals surface area contributed by atoms with E-state index in [1.165, 1.54) is 19.2 Å². The van der Waals surface area contributed by atoms with Gasteiger partial charge in [-0.3, -0.25) is 14.1 Å². The maximum Gasteiger partial charge on any atom is 0.459 e. The molecule has 0 spiro atoms. The van der Waals surface area contributed by atoms with E-state index in [0.717, 1.165) is 0 Å². The molecule has 11 nitrogen and oxygen atoms in total. The van der Waals surface area contributed by atoms with Gasteiger partial charge in [0.2, 0.25) is 5.56 Å². The first kappa shape index (κ1) is 27.5. The van der Waals surface area contributed by atoms with Gasteiger partial charge < -0.3 is 28.5 Å². The molecule has 12 heteroatoms. The SMILES string of the molecule is CC(C)OC(=O)[C@H](C)N[P@](=O)(OC[C@H]1O[C@@H](c2cc[nH]c(=O)c2)[C@@H]2OC(C)(C)O[C@@H]21)Oc1ccccc1. The van der Waals surface area contributed by atoms with Crippen LogP contribution in [-0.4, -0.2) is 53.8 Å². The average molecular weight is 537 g/mol. The molecular weight excluding hydrogens is 503 g/mol. The van der Waals surface area contributed by atoms with Crippen molar-refractivity contribution in [2.24, 2.45) is 0 Å². The van der Waals surface area contributed by atoms with Gasteiger partial charge in [-0.25, -0.2) is 4.57 Å². The zero-order valence-electron chi connectivity index (χ0n) is 21.4. The number of rotatable bonds is 10. The highest BCUT2D eigenvalue weighted by Crippen LogP contribution is 2.49. The number of hydrogen-bond donors (Lipinski definition) is 2. The van der Waals surface area contributed by atoms with Gasteiger partial charge in [0.05, 0.1) is 12.7 Å². The van der Waals surface area contributed by atoms with E-state index in [4.69, 9.17) is 28.0 Å². The van der Waals surface area contributed by atoms with E-state index in [0.29, 0.717) is 5.56 Å². The molecule has 3 heterocycles. The van der Waals surface area contributed by atoms with Gasteiger partial charge in [-0.05, 0) is 58.4 Å². The van der Waals surface area contributed by atoms with Crippen LogP contribution in [0.2, 0.25) is 0 Å². The summed E-state index contributed by atoms with van der Waals surface area (Å²) in [5.41, 5.74) is 0.345. The third-order valence-corrected chi connectivity index (χ3v) is 7.36. The molecule has 37 heavy (non-hydrogen) atoms. The van der Waals surface area contributed by atoms with Crippen LogP contribution < -0.4 is 15.2 Å². The van der Waals surface area contributed by atoms with Gasteiger partial charge in [0.1, 0.15) is 36.2 Å². The molecule has 2 aromatic rings. The summed E-state index contributed by atoms with van der Waals surface area (Å²) < 4.78 is 48.9. The second kappa shape index (κ2) is 11.1. The molecule has 202 valence electrons. The Kier molecular flexibility index (Phi) is 8.23. The lowest BCUT2D eigenvalue weighted by molar-refractivity contribution is -0.190. The average Bonchev–Trinajstić information content (AvgIpc) is 3.30. The second-order valence-corrected chi connectivity index (χ2v) is 11.4. The van der Waals surface area contributed by atoms with Crippen molar-refractivity contribution in [1.29, 1.82) is 0 Å². The van der Waals surface area contributed by atoms with Crippen molar-refractivity contribution < 1.29 is 37.4 Å².